The number of carbonyl (C=O) groups is 1. The second-order valence-electron chi connectivity index (χ2n) is 8.01. The highest BCUT2D eigenvalue weighted by atomic mass is 16.3. The van der Waals surface area contributed by atoms with Gasteiger partial charge in [0.1, 0.15) is 11.3 Å². The lowest BCUT2D eigenvalue weighted by Crippen LogP contribution is -2.39. The first-order chi connectivity index (χ1) is 14.7. The van der Waals surface area contributed by atoms with Gasteiger partial charge in [-0.15, -0.1) is 0 Å². The van der Waals surface area contributed by atoms with Crippen LogP contribution in [0, 0.1) is 6.92 Å². The Balaban J connectivity index is 1.37. The highest BCUT2D eigenvalue weighted by Crippen LogP contribution is 2.29. The molecule has 4 aromatic rings. The zero-order chi connectivity index (χ0) is 20.5. The summed E-state index contributed by atoms with van der Waals surface area (Å²) in [4.78, 5) is 20.1. The molecule has 0 aliphatic carbocycles. The Morgan fingerprint density at radius 2 is 1.90 bits per heavy atom. The molecule has 1 amide bonds. The summed E-state index contributed by atoms with van der Waals surface area (Å²) in [5.74, 6) is 1.20. The van der Waals surface area contributed by atoms with Crippen molar-refractivity contribution in [3.63, 3.8) is 0 Å². The van der Waals surface area contributed by atoms with Crippen molar-refractivity contribution in [2.45, 2.75) is 25.7 Å². The molecule has 2 aromatic heterocycles. The van der Waals surface area contributed by atoms with Crippen molar-refractivity contribution in [1.29, 1.82) is 0 Å². The van der Waals surface area contributed by atoms with E-state index in [1.807, 2.05) is 60.4 Å². The summed E-state index contributed by atoms with van der Waals surface area (Å²) in [6.45, 7) is 3.41. The van der Waals surface area contributed by atoms with Crippen molar-refractivity contribution in [1.82, 2.24) is 9.88 Å². The highest BCUT2D eigenvalue weighted by Gasteiger charge is 2.26. The maximum atomic E-state index is 13.2. The molecule has 4 heteroatoms. The number of piperidine rings is 1. The number of nitrogens with zero attached hydrogens (tertiary/aromatic N) is 2. The van der Waals surface area contributed by atoms with E-state index in [9.17, 15) is 4.79 Å². The Morgan fingerprint density at radius 1 is 1.03 bits per heavy atom. The summed E-state index contributed by atoms with van der Waals surface area (Å²) in [6, 6.07) is 24.1. The minimum atomic E-state index is 0.0830. The number of pyridine rings is 1. The monoisotopic (exact) mass is 396 g/mol. The van der Waals surface area contributed by atoms with Crippen molar-refractivity contribution < 1.29 is 9.21 Å². The van der Waals surface area contributed by atoms with Crippen LogP contribution < -0.4 is 0 Å². The summed E-state index contributed by atoms with van der Waals surface area (Å²) in [5.41, 5.74) is 4.70. The topological polar surface area (TPSA) is 46.3 Å². The van der Waals surface area contributed by atoms with Crippen LogP contribution in [-0.2, 0) is 0 Å². The van der Waals surface area contributed by atoms with Gasteiger partial charge in [-0.3, -0.25) is 9.78 Å². The molecule has 0 spiro atoms. The molecule has 0 radical (unpaired) electrons. The van der Waals surface area contributed by atoms with Gasteiger partial charge in [-0.2, -0.15) is 0 Å². The number of aromatic nitrogens is 1. The van der Waals surface area contributed by atoms with Crippen LogP contribution in [0.4, 0.5) is 0 Å². The van der Waals surface area contributed by atoms with Gasteiger partial charge in [-0.1, -0.05) is 36.4 Å². The molecule has 2 aromatic carbocycles. The average Bonchev–Trinajstić information content (AvgIpc) is 3.18. The Kier molecular flexibility index (Phi) is 4.83. The molecular formula is C26H24N2O2. The third-order valence-electron chi connectivity index (χ3n) is 5.85. The van der Waals surface area contributed by atoms with Crippen molar-refractivity contribution >= 4 is 16.9 Å². The number of hydrogen-bond donors (Lipinski definition) is 0. The molecule has 0 bridgehead atoms. The zero-order valence-corrected chi connectivity index (χ0v) is 17.0. The van der Waals surface area contributed by atoms with E-state index >= 15 is 0 Å². The second-order valence-corrected chi connectivity index (χ2v) is 8.01. The van der Waals surface area contributed by atoms with Crippen LogP contribution in [-0.4, -0.2) is 28.9 Å². The molecule has 3 heterocycles. The van der Waals surface area contributed by atoms with E-state index < -0.39 is 0 Å². The Morgan fingerprint density at radius 3 is 2.77 bits per heavy atom. The van der Waals surface area contributed by atoms with Crippen molar-refractivity contribution in [2.24, 2.45) is 0 Å². The van der Waals surface area contributed by atoms with Gasteiger partial charge in [0.2, 0.25) is 0 Å². The molecule has 0 saturated carbocycles. The third kappa shape index (κ3) is 3.61. The zero-order valence-electron chi connectivity index (χ0n) is 17.0. The lowest BCUT2D eigenvalue weighted by Gasteiger charge is -2.32. The van der Waals surface area contributed by atoms with Crippen molar-refractivity contribution in [3.8, 4) is 11.3 Å². The molecule has 1 saturated heterocycles. The van der Waals surface area contributed by atoms with Crippen molar-refractivity contribution in [3.05, 3.63) is 89.8 Å². The first-order valence-corrected chi connectivity index (χ1v) is 10.5. The van der Waals surface area contributed by atoms with Gasteiger partial charge in [0.15, 0.2) is 0 Å². The number of benzene rings is 2. The van der Waals surface area contributed by atoms with Gasteiger partial charge in [0, 0.05) is 41.2 Å². The second kappa shape index (κ2) is 7.79. The minimum absolute atomic E-state index is 0.0830. The predicted molar refractivity (Wildman–Crippen MR) is 119 cm³/mol. The lowest BCUT2D eigenvalue weighted by molar-refractivity contribution is 0.0706. The molecule has 0 N–H and O–H groups in total. The van der Waals surface area contributed by atoms with Crippen LogP contribution in [0.15, 0.2) is 77.2 Å². The van der Waals surface area contributed by atoms with Crippen LogP contribution in [0.25, 0.3) is 22.2 Å². The largest absolute Gasteiger partial charge is 0.461 e. The third-order valence-corrected chi connectivity index (χ3v) is 5.85. The number of hydrogen-bond acceptors (Lipinski definition) is 3. The van der Waals surface area contributed by atoms with E-state index in [-0.39, 0.29) is 11.8 Å². The predicted octanol–water partition coefficient (Wildman–Crippen LogP) is 5.82. The van der Waals surface area contributed by atoms with Gasteiger partial charge in [0.25, 0.3) is 5.91 Å². The van der Waals surface area contributed by atoms with Gasteiger partial charge in [0.05, 0.1) is 5.69 Å². The van der Waals surface area contributed by atoms with Crippen LogP contribution >= 0.6 is 0 Å². The number of amides is 1. The number of rotatable bonds is 3. The Hall–Kier alpha value is -3.40. The maximum Gasteiger partial charge on any atom is 0.253 e. The Labute approximate surface area is 176 Å². The molecule has 1 atom stereocenters. The first-order valence-electron chi connectivity index (χ1n) is 10.5. The fourth-order valence-corrected chi connectivity index (χ4v) is 4.34. The Bertz CT molecular complexity index is 1200. The van der Waals surface area contributed by atoms with Gasteiger partial charge in [-0.05, 0) is 56.2 Å². The smallest absolute Gasteiger partial charge is 0.253 e. The molecule has 1 fully saturated rings. The SMILES string of the molecule is Cc1cc2cc(C(=O)N3CCC[C@@H](c4cccc(-c5ccccc5)n4)C3)ccc2o1. The fraction of sp³-hybridized carbons (Fsp3) is 0.231. The fourth-order valence-electron chi connectivity index (χ4n) is 4.34. The first kappa shape index (κ1) is 18.6. The van der Waals surface area contributed by atoms with E-state index in [0.717, 1.165) is 58.6 Å². The van der Waals surface area contributed by atoms with Gasteiger partial charge >= 0.3 is 0 Å². The highest BCUT2D eigenvalue weighted by molar-refractivity contribution is 5.98. The molecule has 5 rings (SSSR count). The quantitative estimate of drug-likeness (QED) is 0.438. The number of carbonyl (C=O) groups excluding carboxylic acids is 1. The average molecular weight is 396 g/mol. The molecule has 1 aliphatic rings. The molecule has 150 valence electrons. The molecule has 4 nitrogen and oxygen atoms in total. The van der Waals surface area contributed by atoms with Crippen LogP contribution in [0.1, 0.15) is 40.6 Å². The maximum absolute atomic E-state index is 13.2. The van der Waals surface area contributed by atoms with Crippen LogP contribution in [0.3, 0.4) is 0 Å². The molecule has 1 aliphatic heterocycles. The van der Waals surface area contributed by atoms with E-state index in [0.29, 0.717) is 6.54 Å². The summed E-state index contributed by atoms with van der Waals surface area (Å²) in [5, 5.41) is 0.976. The van der Waals surface area contributed by atoms with Crippen LogP contribution in [0.2, 0.25) is 0 Å². The van der Waals surface area contributed by atoms with Crippen LogP contribution in [0.5, 0.6) is 0 Å². The van der Waals surface area contributed by atoms with Gasteiger partial charge < -0.3 is 9.32 Å². The van der Waals surface area contributed by atoms with Gasteiger partial charge in [-0.25, -0.2) is 0 Å². The van der Waals surface area contributed by atoms with E-state index in [4.69, 9.17) is 9.40 Å². The summed E-state index contributed by atoms with van der Waals surface area (Å²) in [6.07, 6.45) is 2.04. The number of likely N-dealkylation sites (tertiary alicyclic amines) is 1. The minimum Gasteiger partial charge on any atom is -0.461 e. The normalized spacial score (nSPS) is 16.7. The molecule has 0 unspecified atom stereocenters. The number of furan rings is 1. The molecule has 30 heavy (non-hydrogen) atoms. The molecular weight excluding hydrogens is 372 g/mol. The standard InChI is InChI=1S/C26H24N2O2/c1-18-15-22-16-20(12-13-25(22)30-18)26(29)28-14-6-9-21(17-28)24-11-5-10-23(27-24)19-7-3-2-4-8-19/h2-5,7-8,10-13,15-16,21H,6,9,14,17H2,1H3/t21-/m1/s1. The number of aryl methyl sites for hydroxylation is 1. The summed E-state index contributed by atoms with van der Waals surface area (Å²) < 4.78 is 5.64. The van der Waals surface area contributed by atoms with E-state index in [2.05, 4.69) is 24.3 Å². The summed E-state index contributed by atoms with van der Waals surface area (Å²) >= 11 is 0. The lowest BCUT2D eigenvalue weighted by atomic mass is 9.93. The van der Waals surface area contributed by atoms with E-state index in [1.54, 1.807) is 0 Å². The van der Waals surface area contributed by atoms with Crippen molar-refractivity contribution in [2.75, 3.05) is 13.1 Å². The van der Waals surface area contributed by atoms with E-state index in [1.165, 1.54) is 0 Å². The summed E-state index contributed by atoms with van der Waals surface area (Å²) in [7, 11) is 0. The number of fused-ring (bicyclic) bond motifs is 1.